The third-order valence-electron chi connectivity index (χ3n) is 2.48. The van der Waals surface area contributed by atoms with Crippen LogP contribution in [0.25, 0.3) is 11.1 Å². The summed E-state index contributed by atoms with van der Waals surface area (Å²) >= 11 is 1.20. The third-order valence-corrected chi connectivity index (χ3v) is 3.25. The van der Waals surface area contributed by atoms with Gasteiger partial charge in [-0.3, -0.25) is 4.79 Å². The van der Waals surface area contributed by atoms with Crippen LogP contribution in [0.3, 0.4) is 0 Å². The van der Waals surface area contributed by atoms with Gasteiger partial charge in [0.15, 0.2) is 11.3 Å². The van der Waals surface area contributed by atoms with E-state index in [2.05, 4.69) is 15.2 Å². The molecule has 0 radical (unpaired) electrons. The van der Waals surface area contributed by atoms with Gasteiger partial charge >= 0.3 is 0 Å². The molecule has 3 rings (SSSR count). The van der Waals surface area contributed by atoms with E-state index in [1.165, 1.54) is 17.8 Å². The van der Waals surface area contributed by atoms with Crippen LogP contribution in [0.4, 0.5) is 5.69 Å². The number of amides is 1. The van der Waals surface area contributed by atoms with Crippen molar-refractivity contribution >= 4 is 34.5 Å². The second-order valence-corrected chi connectivity index (χ2v) is 4.90. The molecule has 0 aliphatic heterocycles. The van der Waals surface area contributed by atoms with E-state index in [1.807, 2.05) is 0 Å². The van der Waals surface area contributed by atoms with Crippen molar-refractivity contribution in [1.82, 2.24) is 15.2 Å². The number of hydrogen-bond acceptors (Lipinski definition) is 7. The van der Waals surface area contributed by atoms with Crippen LogP contribution >= 0.6 is 11.8 Å². The predicted molar refractivity (Wildman–Crippen MR) is 73.1 cm³/mol. The predicted octanol–water partition coefficient (Wildman–Crippen LogP) is 1.45. The largest absolute Gasteiger partial charge is 0.431 e. The Labute approximate surface area is 117 Å². The van der Waals surface area contributed by atoms with Gasteiger partial charge in [-0.2, -0.15) is 0 Å². The number of aromatic nitrogens is 3. The van der Waals surface area contributed by atoms with Crippen LogP contribution in [0.5, 0.6) is 0 Å². The lowest BCUT2D eigenvalue weighted by atomic mass is 10.3. The van der Waals surface area contributed by atoms with Gasteiger partial charge in [0.1, 0.15) is 10.5 Å². The van der Waals surface area contributed by atoms with Crippen molar-refractivity contribution < 1.29 is 9.21 Å². The molecule has 0 aliphatic rings. The van der Waals surface area contributed by atoms with Crippen molar-refractivity contribution in [3.63, 3.8) is 0 Å². The van der Waals surface area contributed by atoms with Gasteiger partial charge in [0.25, 0.3) is 11.1 Å². The van der Waals surface area contributed by atoms with E-state index >= 15 is 0 Å². The van der Waals surface area contributed by atoms with Gasteiger partial charge in [0.2, 0.25) is 0 Å². The Bertz CT molecular complexity index is 784. The van der Waals surface area contributed by atoms with Gasteiger partial charge in [0, 0.05) is 11.8 Å². The fourth-order valence-corrected chi connectivity index (χ4v) is 2.23. The molecule has 0 bridgehead atoms. The number of benzene rings is 1. The van der Waals surface area contributed by atoms with Gasteiger partial charge in [-0.05, 0) is 36.0 Å². The van der Waals surface area contributed by atoms with Crippen molar-refractivity contribution in [2.45, 2.75) is 10.2 Å². The zero-order valence-electron chi connectivity index (χ0n) is 10.1. The number of nitrogens with zero attached hydrogens (tertiary/aromatic N) is 3. The number of oxazole rings is 1. The van der Waals surface area contributed by atoms with Gasteiger partial charge in [0.05, 0.1) is 0 Å². The lowest BCUT2D eigenvalue weighted by molar-refractivity contribution is 0.0994. The number of anilines is 1. The smallest absolute Gasteiger partial charge is 0.269 e. The minimum absolute atomic E-state index is 0.111. The SMILES string of the molecule is NC(=O)c1ccc(Sc2nc3ccc(N)cc3o2)nn1. The number of carbonyl (C=O) groups excluding carboxylic acids is 1. The van der Waals surface area contributed by atoms with E-state index in [-0.39, 0.29) is 5.69 Å². The lowest BCUT2D eigenvalue weighted by Gasteiger charge is -1.96. The third kappa shape index (κ3) is 2.41. The Hall–Kier alpha value is -2.61. The van der Waals surface area contributed by atoms with Gasteiger partial charge in [-0.1, -0.05) is 0 Å². The molecule has 0 spiro atoms. The molecule has 20 heavy (non-hydrogen) atoms. The second-order valence-electron chi connectivity index (χ2n) is 3.93. The molecular weight excluding hydrogens is 278 g/mol. The number of nitrogens with two attached hydrogens (primary N) is 2. The summed E-state index contributed by atoms with van der Waals surface area (Å²) in [6.45, 7) is 0. The molecule has 1 amide bonds. The van der Waals surface area contributed by atoms with Crippen LogP contribution in [0.1, 0.15) is 10.5 Å². The van der Waals surface area contributed by atoms with E-state index < -0.39 is 5.91 Å². The van der Waals surface area contributed by atoms with Gasteiger partial charge in [-0.15, -0.1) is 10.2 Å². The maximum Gasteiger partial charge on any atom is 0.269 e. The Morgan fingerprint density at radius 1 is 1.20 bits per heavy atom. The highest BCUT2D eigenvalue weighted by Crippen LogP contribution is 2.28. The first-order valence-electron chi connectivity index (χ1n) is 5.59. The molecule has 2 aromatic heterocycles. The zero-order chi connectivity index (χ0) is 14.1. The minimum atomic E-state index is -0.619. The average molecular weight is 287 g/mol. The quantitative estimate of drug-likeness (QED) is 0.699. The number of nitrogen functional groups attached to an aromatic ring is 1. The highest BCUT2D eigenvalue weighted by atomic mass is 32.2. The van der Waals surface area contributed by atoms with E-state index in [1.54, 1.807) is 24.3 Å². The number of primary amides is 1. The molecule has 0 atom stereocenters. The molecule has 0 aliphatic carbocycles. The van der Waals surface area contributed by atoms with Crippen molar-refractivity contribution in [2.75, 3.05) is 5.73 Å². The van der Waals surface area contributed by atoms with E-state index in [9.17, 15) is 4.79 Å². The number of carbonyl (C=O) groups is 1. The molecule has 7 nitrogen and oxygen atoms in total. The fraction of sp³-hybridized carbons (Fsp3) is 0. The standard InChI is InChI=1S/C12H9N5O2S/c13-6-1-2-7-9(5-6)19-12(15-7)20-10-4-3-8(11(14)18)16-17-10/h1-5H,13H2,(H2,14,18). The summed E-state index contributed by atoms with van der Waals surface area (Å²) in [5, 5.41) is 8.55. The van der Waals surface area contributed by atoms with Crippen molar-refractivity contribution in [3.05, 3.63) is 36.0 Å². The molecule has 2 heterocycles. The Morgan fingerprint density at radius 2 is 2.05 bits per heavy atom. The second kappa shape index (κ2) is 4.82. The molecular formula is C12H9N5O2S. The normalized spacial score (nSPS) is 10.8. The van der Waals surface area contributed by atoms with Crippen LogP contribution < -0.4 is 11.5 Å². The Balaban J connectivity index is 1.87. The van der Waals surface area contributed by atoms with Crippen LogP contribution in [-0.4, -0.2) is 21.1 Å². The molecule has 0 unspecified atom stereocenters. The maximum absolute atomic E-state index is 10.9. The first-order valence-corrected chi connectivity index (χ1v) is 6.41. The maximum atomic E-state index is 10.9. The summed E-state index contributed by atoms with van der Waals surface area (Å²) in [5.41, 5.74) is 12.8. The molecule has 3 aromatic rings. The van der Waals surface area contributed by atoms with Crippen LogP contribution in [0.15, 0.2) is 45.0 Å². The first-order chi connectivity index (χ1) is 9.61. The molecule has 8 heteroatoms. The van der Waals surface area contributed by atoms with Crippen molar-refractivity contribution in [2.24, 2.45) is 5.73 Å². The van der Waals surface area contributed by atoms with E-state index in [4.69, 9.17) is 15.9 Å². The molecule has 4 N–H and O–H groups in total. The molecule has 1 aromatic carbocycles. The molecule has 0 fully saturated rings. The highest BCUT2D eigenvalue weighted by Gasteiger charge is 2.10. The lowest BCUT2D eigenvalue weighted by Crippen LogP contribution is -2.13. The van der Waals surface area contributed by atoms with Gasteiger partial charge < -0.3 is 15.9 Å². The summed E-state index contributed by atoms with van der Waals surface area (Å²) < 4.78 is 5.54. The zero-order valence-corrected chi connectivity index (χ0v) is 10.9. The number of hydrogen-bond donors (Lipinski definition) is 2. The summed E-state index contributed by atoms with van der Waals surface area (Å²) in [6.07, 6.45) is 0. The van der Waals surface area contributed by atoms with Crippen LogP contribution in [0, 0.1) is 0 Å². The van der Waals surface area contributed by atoms with E-state index in [0.717, 1.165) is 0 Å². The number of fused-ring (bicyclic) bond motifs is 1. The average Bonchev–Trinajstić information content (AvgIpc) is 2.80. The molecule has 0 saturated carbocycles. The topological polar surface area (TPSA) is 121 Å². The summed E-state index contributed by atoms with van der Waals surface area (Å²) in [5.74, 6) is -0.619. The minimum Gasteiger partial charge on any atom is -0.431 e. The first kappa shape index (κ1) is 12.4. The van der Waals surface area contributed by atoms with Crippen LogP contribution in [-0.2, 0) is 0 Å². The molecule has 0 saturated heterocycles. The van der Waals surface area contributed by atoms with Gasteiger partial charge in [-0.25, -0.2) is 4.98 Å². The van der Waals surface area contributed by atoms with Crippen molar-refractivity contribution in [1.29, 1.82) is 0 Å². The summed E-state index contributed by atoms with van der Waals surface area (Å²) in [7, 11) is 0. The van der Waals surface area contributed by atoms with E-state index in [0.29, 0.717) is 27.0 Å². The summed E-state index contributed by atoms with van der Waals surface area (Å²) in [6, 6.07) is 8.36. The fourth-order valence-electron chi connectivity index (χ4n) is 1.56. The monoisotopic (exact) mass is 287 g/mol. The molecule has 100 valence electrons. The summed E-state index contributed by atoms with van der Waals surface area (Å²) in [4.78, 5) is 15.2. The van der Waals surface area contributed by atoms with Crippen LogP contribution in [0.2, 0.25) is 0 Å². The Kier molecular flexibility index (Phi) is 2.99. The Morgan fingerprint density at radius 3 is 2.75 bits per heavy atom. The van der Waals surface area contributed by atoms with Crippen molar-refractivity contribution in [3.8, 4) is 0 Å². The number of rotatable bonds is 3. The highest BCUT2D eigenvalue weighted by molar-refractivity contribution is 7.99.